The van der Waals surface area contributed by atoms with Gasteiger partial charge in [-0.25, -0.2) is 13.1 Å². The largest absolute Gasteiger partial charge is 0.495 e. The first-order valence-corrected chi connectivity index (χ1v) is 12.5. The molecule has 1 aliphatic heterocycles. The third kappa shape index (κ3) is 4.90. The number of hydrogen-bond acceptors (Lipinski definition) is 5. The lowest BCUT2D eigenvalue weighted by molar-refractivity contribution is 0.311. The van der Waals surface area contributed by atoms with Gasteiger partial charge in [0.05, 0.1) is 17.7 Å². The molecule has 0 amide bonds. The molecule has 7 heteroatoms. The van der Waals surface area contributed by atoms with Crippen LogP contribution in [0.3, 0.4) is 0 Å². The Hall–Kier alpha value is -2.61. The maximum absolute atomic E-state index is 13.0. The van der Waals surface area contributed by atoms with Crippen molar-refractivity contribution in [2.45, 2.75) is 18.2 Å². The molecular weight excluding hydrogens is 422 g/mol. The van der Waals surface area contributed by atoms with Gasteiger partial charge in [-0.2, -0.15) is 0 Å². The molecule has 0 aliphatic carbocycles. The van der Waals surface area contributed by atoms with Gasteiger partial charge in [0.1, 0.15) is 5.75 Å². The molecule has 1 aliphatic rings. The molecule has 0 aromatic heterocycles. The zero-order valence-electron chi connectivity index (χ0n) is 19.0. The van der Waals surface area contributed by atoms with Crippen molar-refractivity contribution < 1.29 is 13.2 Å². The van der Waals surface area contributed by atoms with E-state index in [-0.39, 0.29) is 4.90 Å². The van der Waals surface area contributed by atoms with Gasteiger partial charge < -0.3 is 14.5 Å². The Kier molecular flexibility index (Phi) is 6.69. The summed E-state index contributed by atoms with van der Waals surface area (Å²) in [7, 11) is 0.0807. The molecule has 3 aromatic rings. The highest BCUT2D eigenvalue weighted by molar-refractivity contribution is 7.89. The fraction of sp³-hybridized carbons (Fsp3) is 0.360. The molecule has 0 atom stereocenters. The number of nitrogens with one attached hydrogen (secondary N) is 1. The Morgan fingerprint density at radius 1 is 1.00 bits per heavy atom. The minimum absolute atomic E-state index is 0.265. The number of aryl methyl sites for hydroxylation is 1. The summed E-state index contributed by atoms with van der Waals surface area (Å²) in [6, 6.07) is 17.6. The molecule has 32 heavy (non-hydrogen) atoms. The molecule has 1 heterocycles. The first kappa shape index (κ1) is 22.6. The van der Waals surface area contributed by atoms with Crippen molar-refractivity contribution in [3.63, 3.8) is 0 Å². The lowest BCUT2D eigenvalue weighted by Crippen LogP contribution is -2.44. The Bertz CT molecular complexity index is 1200. The van der Waals surface area contributed by atoms with Crippen molar-refractivity contribution >= 4 is 26.5 Å². The Labute approximate surface area is 190 Å². The molecule has 0 unspecified atom stereocenters. The Morgan fingerprint density at radius 3 is 2.53 bits per heavy atom. The first-order valence-electron chi connectivity index (χ1n) is 11.0. The summed E-state index contributed by atoms with van der Waals surface area (Å²) in [5.41, 5.74) is 3.16. The third-order valence-corrected chi connectivity index (χ3v) is 7.58. The van der Waals surface area contributed by atoms with Crippen LogP contribution in [0.25, 0.3) is 10.8 Å². The summed E-state index contributed by atoms with van der Waals surface area (Å²) in [6.07, 6.45) is 0.626. The van der Waals surface area contributed by atoms with Crippen LogP contribution in [0.1, 0.15) is 11.1 Å². The van der Waals surface area contributed by atoms with E-state index in [1.54, 1.807) is 25.3 Å². The van der Waals surface area contributed by atoms with Gasteiger partial charge in [-0.05, 0) is 54.9 Å². The van der Waals surface area contributed by atoms with E-state index >= 15 is 0 Å². The average Bonchev–Trinajstić information content (AvgIpc) is 2.79. The molecule has 0 radical (unpaired) electrons. The number of anilines is 1. The maximum atomic E-state index is 13.0. The van der Waals surface area contributed by atoms with Gasteiger partial charge >= 0.3 is 0 Å². The minimum atomic E-state index is -3.63. The number of benzene rings is 3. The van der Waals surface area contributed by atoms with Crippen LogP contribution in [0.15, 0.2) is 59.5 Å². The standard InChI is InChI=1S/C25H31N3O3S/c1-19-7-8-20-5-4-6-21(23(20)17-19)11-12-26-32(29,30)22-9-10-25(31-3)24(18-22)28-15-13-27(2)14-16-28/h4-10,17-18,26H,11-16H2,1-3H3. The topological polar surface area (TPSA) is 61.9 Å². The van der Waals surface area contributed by atoms with E-state index in [0.717, 1.165) is 37.4 Å². The highest BCUT2D eigenvalue weighted by Gasteiger charge is 2.21. The van der Waals surface area contributed by atoms with Crippen molar-refractivity contribution in [1.29, 1.82) is 0 Å². The predicted octanol–water partition coefficient (Wildman–Crippen LogP) is 3.43. The maximum Gasteiger partial charge on any atom is 0.240 e. The summed E-state index contributed by atoms with van der Waals surface area (Å²) >= 11 is 0. The van der Waals surface area contributed by atoms with Gasteiger partial charge in [0.25, 0.3) is 0 Å². The van der Waals surface area contributed by atoms with Gasteiger partial charge in [0.15, 0.2) is 0 Å². The number of nitrogens with zero attached hydrogens (tertiary/aromatic N) is 2. The molecular formula is C25H31N3O3S. The molecule has 4 rings (SSSR count). The number of hydrogen-bond donors (Lipinski definition) is 1. The minimum Gasteiger partial charge on any atom is -0.495 e. The van der Waals surface area contributed by atoms with Gasteiger partial charge in [0, 0.05) is 32.7 Å². The molecule has 1 fully saturated rings. The fourth-order valence-corrected chi connectivity index (χ4v) is 5.26. The molecule has 1 N–H and O–H groups in total. The van der Waals surface area contributed by atoms with Crippen molar-refractivity contribution in [3.05, 3.63) is 65.7 Å². The number of sulfonamides is 1. The van der Waals surface area contributed by atoms with Crippen molar-refractivity contribution in [1.82, 2.24) is 9.62 Å². The monoisotopic (exact) mass is 453 g/mol. The lowest BCUT2D eigenvalue weighted by atomic mass is 10.0. The number of ether oxygens (including phenoxy) is 1. The molecule has 0 bridgehead atoms. The van der Waals surface area contributed by atoms with Gasteiger partial charge in [0.2, 0.25) is 10.0 Å². The first-order chi connectivity index (χ1) is 15.4. The number of likely N-dealkylation sites (N-methyl/N-ethyl adjacent to an activating group) is 1. The number of rotatable bonds is 7. The highest BCUT2D eigenvalue weighted by Crippen LogP contribution is 2.31. The van der Waals surface area contributed by atoms with E-state index in [4.69, 9.17) is 4.74 Å². The molecule has 0 spiro atoms. The molecule has 1 saturated heterocycles. The molecule has 3 aromatic carbocycles. The summed E-state index contributed by atoms with van der Waals surface area (Å²) in [4.78, 5) is 4.72. The average molecular weight is 454 g/mol. The van der Waals surface area contributed by atoms with E-state index < -0.39 is 10.0 Å². The summed E-state index contributed by atoms with van der Waals surface area (Å²) in [5.74, 6) is 0.694. The van der Waals surface area contributed by atoms with Crippen LogP contribution in [0, 0.1) is 6.92 Å². The quantitative estimate of drug-likeness (QED) is 0.594. The summed E-state index contributed by atoms with van der Waals surface area (Å²) in [5, 5.41) is 2.34. The number of piperazine rings is 1. The highest BCUT2D eigenvalue weighted by atomic mass is 32.2. The third-order valence-electron chi connectivity index (χ3n) is 6.12. The SMILES string of the molecule is COc1ccc(S(=O)(=O)NCCc2cccc3ccc(C)cc23)cc1N1CCN(C)CC1. The summed E-state index contributed by atoms with van der Waals surface area (Å²) < 4.78 is 34.4. The van der Waals surface area contributed by atoms with Gasteiger partial charge in [-0.3, -0.25) is 0 Å². The second kappa shape index (κ2) is 9.48. The van der Waals surface area contributed by atoms with Gasteiger partial charge in [-0.15, -0.1) is 0 Å². The fourth-order valence-electron chi connectivity index (χ4n) is 4.20. The van der Waals surface area contributed by atoms with E-state index in [1.807, 2.05) is 6.07 Å². The van der Waals surface area contributed by atoms with E-state index in [2.05, 4.69) is 58.8 Å². The Balaban J connectivity index is 1.50. The summed E-state index contributed by atoms with van der Waals surface area (Å²) in [6.45, 7) is 5.95. The zero-order chi connectivity index (χ0) is 22.7. The smallest absolute Gasteiger partial charge is 0.240 e. The predicted molar refractivity (Wildman–Crippen MR) is 130 cm³/mol. The lowest BCUT2D eigenvalue weighted by Gasteiger charge is -2.34. The van der Waals surface area contributed by atoms with Crippen LogP contribution in [0.5, 0.6) is 5.75 Å². The Morgan fingerprint density at radius 2 is 1.78 bits per heavy atom. The normalized spacial score (nSPS) is 15.3. The van der Waals surface area contributed by atoms with Crippen LogP contribution in [0.2, 0.25) is 0 Å². The number of methoxy groups -OCH3 is 1. The number of fused-ring (bicyclic) bond motifs is 1. The molecule has 0 saturated carbocycles. The van der Waals surface area contributed by atoms with Gasteiger partial charge in [-0.1, -0.05) is 42.0 Å². The van der Waals surface area contributed by atoms with Crippen molar-refractivity contribution in [2.75, 3.05) is 51.8 Å². The second-order valence-electron chi connectivity index (χ2n) is 8.41. The molecule has 6 nitrogen and oxygen atoms in total. The molecule has 170 valence electrons. The van der Waals surface area contributed by atoms with Crippen LogP contribution in [-0.2, 0) is 16.4 Å². The van der Waals surface area contributed by atoms with E-state index in [1.165, 1.54) is 16.3 Å². The van der Waals surface area contributed by atoms with E-state index in [9.17, 15) is 8.42 Å². The van der Waals surface area contributed by atoms with Crippen LogP contribution >= 0.6 is 0 Å². The zero-order valence-corrected chi connectivity index (χ0v) is 19.8. The van der Waals surface area contributed by atoms with Crippen molar-refractivity contribution in [2.24, 2.45) is 0 Å². The van der Waals surface area contributed by atoms with Crippen LogP contribution in [0.4, 0.5) is 5.69 Å². The van der Waals surface area contributed by atoms with Crippen molar-refractivity contribution in [3.8, 4) is 5.75 Å². The van der Waals surface area contributed by atoms with Crippen LogP contribution < -0.4 is 14.4 Å². The van der Waals surface area contributed by atoms with Crippen LogP contribution in [-0.4, -0.2) is 60.2 Å². The van der Waals surface area contributed by atoms with E-state index in [0.29, 0.717) is 18.7 Å². The second-order valence-corrected chi connectivity index (χ2v) is 10.2.